The number of nitrogens with zero attached hydrogens (tertiary/aromatic N) is 2. The maximum Gasteiger partial charge on any atom is 0.269 e. The van der Waals surface area contributed by atoms with Crippen LogP contribution >= 0.6 is 0 Å². The van der Waals surface area contributed by atoms with Crippen LogP contribution in [0.2, 0.25) is 0 Å². The minimum Gasteiger partial charge on any atom is -0.364 e. The normalized spacial score (nSPS) is 13.6. The van der Waals surface area contributed by atoms with E-state index < -0.39 is 5.91 Å². The summed E-state index contributed by atoms with van der Waals surface area (Å²) in [6.07, 6.45) is 3.12. The van der Waals surface area contributed by atoms with E-state index in [1.165, 1.54) is 22.3 Å². The SMILES string of the molecule is Cc1cc(C(N)=O)nn1-c1ccc(Cc2ccc(C3=CCNC3)cc2)cc1. The van der Waals surface area contributed by atoms with E-state index in [0.717, 1.165) is 30.9 Å². The van der Waals surface area contributed by atoms with Crippen LogP contribution in [-0.4, -0.2) is 28.8 Å². The zero-order valence-electron chi connectivity index (χ0n) is 15.3. The van der Waals surface area contributed by atoms with Crippen molar-refractivity contribution >= 4 is 11.5 Å². The minimum absolute atomic E-state index is 0.282. The van der Waals surface area contributed by atoms with Crippen LogP contribution in [0.15, 0.2) is 60.7 Å². The van der Waals surface area contributed by atoms with Crippen LogP contribution < -0.4 is 11.1 Å². The van der Waals surface area contributed by atoms with Gasteiger partial charge >= 0.3 is 0 Å². The first-order valence-corrected chi connectivity index (χ1v) is 9.05. The molecule has 0 radical (unpaired) electrons. The summed E-state index contributed by atoms with van der Waals surface area (Å²) in [6.45, 7) is 3.81. The van der Waals surface area contributed by atoms with E-state index in [2.05, 4.69) is 52.9 Å². The Bertz CT molecular complexity index is 998. The molecule has 0 fully saturated rings. The molecule has 0 atom stereocenters. The Balaban J connectivity index is 1.48. The molecule has 3 aromatic rings. The van der Waals surface area contributed by atoms with Crippen LogP contribution in [0.5, 0.6) is 0 Å². The van der Waals surface area contributed by atoms with Crippen LogP contribution in [0.4, 0.5) is 0 Å². The summed E-state index contributed by atoms with van der Waals surface area (Å²) in [7, 11) is 0. The highest BCUT2D eigenvalue weighted by molar-refractivity contribution is 5.90. The number of nitrogens with one attached hydrogen (secondary N) is 1. The molecule has 5 nitrogen and oxygen atoms in total. The predicted octanol–water partition coefficient (Wildman–Crippen LogP) is 2.86. The van der Waals surface area contributed by atoms with E-state index in [1.54, 1.807) is 10.7 Å². The number of aromatic nitrogens is 2. The van der Waals surface area contributed by atoms with Gasteiger partial charge in [-0.25, -0.2) is 4.68 Å². The highest BCUT2D eigenvalue weighted by Gasteiger charge is 2.10. The number of rotatable bonds is 5. The Kier molecular flexibility index (Phi) is 4.60. The third-order valence-corrected chi connectivity index (χ3v) is 4.86. The van der Waals surface area contributed by atoms with Crippen molar-refractivity contribution in [1.29, 1.82) is 0 Å². The maximum atomic E-state index is 11.3. The molecule has 1 aromatic heterocycles. The standard InChI is InChI=1S/C22H22N4O/c1-15-12-21(22(23)27)25-26(15)20-8-4-17(5-9-20)13-16-2-6-18(7-3-16)19-10-11-24-14-19/h2-10,12,24H,11,13-14H2,1H3,(H2,23,27). The zero-order chi connectivity index (χ0) is 18.8. The summed E-state index contributed by atoms with van der Waals surface area (Å²) in [6, 6.07) is 18.7. The van der Waals surface area contributed by atoms with Gasteiger partial charge < -0.3 is 11.1 Å². The molecule has 0 bridgehead atoms. The quantitative estimate of drug-likeness (QED) is 0.737. The van der Waals surface area contributed by atoms with Gasteiger partial charge in [0.25, 0.3) is 5.91 Å². The molecule has 0 aliphatic carbocycles. The molecule has 1 aliphatic rings. The predicted molar refractivity (Wildman–Crippen MR) is 107 cm³/mol. The first-order valence-electron chi connectivity index (χ1n) is 9.05. The van der Waals surface area contributed by atoms with E-state index in [0.29, 0.717) is 0 Å². The second kappa shape index (κ2) is 7.21. The fourth-order valence-corrected chi connectivity index (χ4v) is 3.38. The van der Waals surface area contributed by atoms with Gasteiger partial charge in [0, 0.05) is 18.8 Å². The third kappa shape index (κ3) is 3.68. The van der Waals surface area contributed by atoms with Crippen molar-refractivity contribution in [3.8, 4) is 5.69 Å². The molecule has 5 heteroatoms. The largest absolute Gasteiger partial charge is 0.364 e. The Morgan fingerprint density at radius 1 is 1.11 bits per heavy atom. The summed E-state index contributed by atoms with van der Waals surface area (Å²) in [5, 5.41) is 7.60. The summed E-state index contributed by atoms with van der Waals surface area (Å²) in [5.74, 6) is -0.513. The number of benzene rings is 2. The molecule has 2 aromatic carbocycles. The lowest BCUT2D eigenvalue weighted by molar-refractivity contribution is 0.0995. The molecule has 1 amide bonds. The van der Waals surface area contributed by atoms with Crippen molar-refractivity contribution in [2.45, 2.75) is 13.3 Å². The monoisotopic (exact) mass is 358 g/mol. The Hall–Kier alpha value is -3.18. The lowest BCUT2D eigenvalue weighted by Crippen LogP contribution is -2.12. The molecule has 27 heavy (non-hydrogen) atoms. The number of amides is 1. The highest BCUT2D eigenvalue weighted by atomic mass is 16.1. The van der Waals surface area contributed by atoms with Crippen molar-refractivity contribution in [3.63, 3.8) is 0 Å². The average molecular weight is 358 g/mol. The van der Waals surface area contributed by atoms with Crippen molar-refractivity contribution in [3.05, 3.63) is 88.8 Å². The molecule has 0 unspecified atom stereocenters. The lowest BCUT2D eigenvalue weighted by atomic mass is 10.0. The maximum absolute atomic E-state index is 11.3. The third-order valence-electron chi connectivity index (χ3n) is 4.86. The molecule has 3 N–H and O–H groups in total. The number of nitrogens with two attached hydrogens (primary N) is 1. The highest BCUT2D eigenvalue weighted by Crippen LogP contribution is 2.19. The van der Waals surface area contributed by atoms with E-state index in [1.807, 2.05) is 19.1 Å². The number of primary amides is 1. The van der Waals surface area contributed by atoms with E-state index in [-0.39, 0.29) is 5.69 Å². The van der Waals surface area contributed by atoms with Gasteiger partial charge in [0.1, 0.15) is 0 Å². The second-order valence-electron chi connectivity index (χ2n) is 6.85. The van der Waals surface area contributed by atoms with Crippen LogP contribution in [0, 0.1) is 6.92 Å². The number of hydrogen-bond donors (Lipinski definition) is 2. The lowest BCUT2D eigenvalue weighted by Gasteiger charge is -2.08. The first-order chi connectivity index (χ1) is 13.1. The van der Waals surface area contributed by atoms with Gasteiger partial charge in [-0.2, -0.15) is 5.10 Å². The summed E-state index contributed by atoms with van der Waals surface area (Å²) >= 11 is 0. The van der Waals surface area contributed by atoms with Crippen molar-refractivity contribution in [2.24, 2.45) is 5.73 Å². The fraction of sp³-hybridized carbons (Fsp3) is 0.182. The number of aryl methyl sites for hydroxylation is 1. The van der Waals surface area contributed by atoms with Crippen molar-refractivity contribution < 1.29 is 4.79 Å². The van der Waals surface area contributed by atoms with E-state index in [4.69, 9.17) is 5.73 Å². The van der Waals surface area contributed by atoms with Crippen LogP contribution in [0.3, 0.4) is 0 Å². The molecule has 0 saturated carbocycles. The fourth-order valence-electron chi connectivity index (χ4n) is 3.38. The van der Waals surface area contributed by atoms with Crippen LogP contribution in [0.25, 0.3) is 11.3 Å². The topological polar surface area (TPSA) is 72.9 Å². The number of hydrogen-bond acceptors (Lipinski definition) is 3. The Morgan fingerprint density at radius 2 is 1.78 bits per heavy atom. The van der Waals surface area contributed by atoms with Gasteiger partial charge in [-0.15, -0.1) is 0 Å². The van der Waals surface area contributed by atoms with Gasteiger partial charge in [-0.05, 0) is 53.8 Å². The number of carbonyl (C=O) groups excluding carboxylic acids is 1. The molecule has 2 heterocycles. The zero-order valence-corrected chi connectivity index (χ0v) is 15.3. The summed E-state index contributed by atoms with van der Waals surface area (Å²) in [5.41, 5.74) is 12.6. The molecule has 0 saturated heterocycles. The summed E-state index contributed by atoms with van der Waals surface area (Å²) in [4.78, 5) is 11.3. The van der Waals surface area contributed by atoms with Gasteiger partial charge in [0.2, 0.25) is 0 Å². The average Bonchev–Trinajstić information content (AvgIpc) is 3.33. The van der Waals surface area contributed by atoms with Gasteiger partial charge in [-0.3, -0.25) is 4.79 Å². The molecule has 136 valence electrons. The van der Waals surface area contributed by atoms with Crippen LogP contribution in [0.1, 0.15) is 32.9 Å². The number of carbonyl (C=O) groups is 1. The van der Waals surface area contributed by atoms with Gasteiger partial charge in [0.05, 0.1) is 5.69 Å². The molecular formula is C22H22N4O. The first kappa shape index (κ1) is 17.2. The smallest absolute Gasteiger partial charge is 0.269 e. The minimum atomic E-state index is -0.513. The van der Waals surface area contributed by atoms with E-state index in [9.17, 15) is 4.79 Å². The summed E-state index contributed by atoms with van der Waals surface area (Å²) < 4.78 is 1.74. The van der Waals surface area contributed by atoms with Crippen molar-refractivity contribution in [1.82, 2.24) is 15.1 Å². The van der Waals surface area contributed by atoms with Gasteiger partial charge in [0.15, 0.2) is 5.69 Å². The Morgan fingerprint density at radius 3 is 2.33 bits per heavy atom. The second-order valence-corrected chi connectivity index (χ2v) is 6.85. The van der Waals surface area contributed by atoms with Crippen LogP contribution in [-0.2, 0) is 6.42 Å². The van der Waals surface area contributed by atoms with E-state index >= 15 is 0 Å². The van der Waals surface area contributed by atoms with Crippen molar-refractivity contribution in [2.75, 3.05) is 13.1 Å². The Labute approximate surface area is 158 Å². The molecule has 4 rings (SSSR count). The molecule has 0 spiro atoms. The molecular weight excluding hydrogens is 336 g/mol. The molecule has 1 aliphatic heterocycles. The van der Waals surface area contributed by atoms with Gasteiger partial charge in [-0.1, -0.05) is 42.5 Å².